The Bertz CT molecular complexity index is 714. The molecule has 0 amide bonds. The molecule has 0 saturated carbocycles. The Morgan fingerprint density at radius 1 is 1.07 bits per heavy atom. The van der Waals surface area contributed by atoms with Gasteiger partial charge in [0.25, 0.3) is 0 Å². The lowest BCUT2D eigenvalue weighted by atomic mass is 9.94. The van der Waals surface area contributed by atoms with Gasteiger partial charge in [-0.05, 0) is 19.4 Å². The van der Waals surface area contributed by atoms with Crippen LogP contribution in [0.25, 0.3) is 11.2 Å². The molecular weight excluding hydrogens is 352 g/mol. The number of hydrogen-bond acceptors (Lipinski definition) is 9. The van der Waals surface area contributed by atoms with E-state index in [-0.39, 0.29) is 13.2 Å². The fourth-order valence-electron chi connectivity index (χ4n) is 3.53. The smallest absolute Gasteiger partial charge is 0.182 e. The zero-order valence-corrected chi connectivity index (χ0v) is 15.2. The van der Waals surface area contributed by atoms with E-state index < -0.39 is 24.4 Å². The summed E-state index contributed by atoms with van der Waals surface area (Å²) in [6, 6.07) is -0.528. The number of aromatic amines is 1. The zero-order valence-electron chi connectivity index (χ0n) is 15.2. The highest BCUT2D eigenvalue weighted by Gasteiger charge is 2.40. The number of aromatic nitrogens is 4. The molecule has 4 atom stereocenters. The summed E-state index contributed by atoms with van der Waals surface area (Å²) in [5, 5.41) is 42.3. The summed E-state index contributed by atoms with van der Waals surface area (Å²) in [5.41, 5.74) is 1.44. The molecule has 0 aliphatic carbocycles. The van der Waals surface area contributed by atoms with Gasteiger partial charge in [-0.2, -0.15) is 0 Å². The highest BCUT2D eigenvalue weighted by Crippen LogP contribution is 2.20. The van der Waals surface area contributed by atoms with Crippen molar-refractivity contribution in [2.24, 2.45) is 0 Å². The molecule has 3 rings (SSSR count). The van der Waals surface area contributed by atoms with Gasteiger partial charge in [0, 0.05) is 13.1 Å². The van der Waals surface area contributed by atoms with E-state index >= 15 is 0 Å². The number of anilines is 1. The first-order chi connectivity index (χ1) is 13.1. The maximum atomic E-state index is 9.98. The van der Waals surface area contributed by atoms with Gasteiger partial charge < -0.3 is 30.7 Å². The van der Waals surface area contributed by atoms with Gasteiger partial charge in [0.2, 0.25) is 0 Å². The maximum Gasteiger partial charge on any atom is 0.182 e. The zero-order chi connectivity index (χ0) is 19.2. The Labute approximate surface area is 157 Å². The molecule has 0 radical (unpaired) electrons. The second-order valence-corrected chi connectivity index (χ2v) is 6.96. The van der Waals surface area contributed by atoms with Crippen LogP contribution in [-0.4, -0.2) is 95.9 Å². The fraction of sp³-hybridized carbons (Fsp3) is 0.706. The number of rotatable bonds is 9. The lowest BCUT2D eigenvalue weighted by Gasteiger charge is -2.43. The molecule has 1 aliphatic heterocycles. The first-order valence-corrected chi connectivity index (χ1v) is 9.39. The van der Waals surface area contributed by atoms with E-state index in [4.69, 9.17) is 0 Å². The molecular formula is C17H28N6O4. The van der Waals surface area contributed by atoms with Crippen LogP contribution >= 0.6 is 0 Å². The van der Waals surface area contributed by atoms with Gasteiger partial charge in [0.15, 0.2) is 11.5 Å². The Hall–Kier alpha value is -1.85. The number of aliphatic hydroxyl groups is 4. The predicted octanol–water partition coefficient (Wildman–Crippen LogP) is -0.916. The van der Waals surface area contributed by atoms with Crippen LogP contribution < -0.4 is 5.32 Å². The van der Waals surface area contributed by atoms with E-state index in [1.54, 1.807) is 6.33 Å². The van der Waals surface area contributed by atoms with Crippen molar-refractivity contribution in [1.82, 2.24) is 24.8 Å². The van der Waals surface area contributed by atoms with Crippen molar-refractivity contribution in [2.45, 2.75) is 50.0 Å². The second-order valence-electron chi connectivity index (χ2n) is 6.96. The number of fused-ring (bicyclic) bond motifs is 1. The van der Waals surface area contributed by atoms with Crippen molar-refractivity contribution >= 4 is 17.0 Å². The standard InChI is InChI=1S/C17H28N6O4/c24-8-11-14(26)15(27)12(25)7-23(11)6-4-2-1-3-5-18-16-13-17(20-9-19-13)22-10-21-16/h9-12,14-15,24-27H,1-8H2,(H2,18,19,20,21,22)/t11-,12+,14-,15-/m1/s1. The molecule has 0 bridgehead atoms. The SMILES string of the molecule is OC[C@@H]1[C@@H](O)[C@H](O)[C@@H](O)CN1CCCCCCNc1ncnc2nc[nH]c12. The number of hydrogen-bond donors (Lipinski definition) is 6. The van der Waals surface area contributed by atoms with Crippen molar-refractivity contribution in [1.29, 1.82) is 0 Å². The number of H-pyrrole nitrogens is 1. The number of imidazole rings is 1. The summed E-state index contributed by atoms with van der Waals surface area (Å²) in [6.07, 6.45) is 3.65. The van der Waals surface area contributed by atoms with Crippen molar-refractivity contribution in [3.63, 3.8) is 0 Å². The molecule has 3 heterocycles. The molecule has 0 aromatic carbocycles. The Morgan fingerprint density at radius 2 is 1.89 bits per heavy atom. The summed E-state index contributed by atoms with van der Waals surface area (Å²) >= 11 is 0. The van der Waals surface area contributed by atoms with E-state index in [1.165, 1.54) is 6.33 Å². The molecule has 1 fully saturated rings. The summed E-state index contributed by atoms with van der Waals surface area (Å²) in [5.74, 6) is 0.748. The minimum Gasteiger partial charge on any atom is -0.395 e. The van der Waals surface area contributed by atoms with Crippen molar-refractivity contribution in [2.75, 3.05) is 31.6 Å². The molecule has 1 aliphatic rings. The third-order valence-corrected chi connectivity index (χ3v) is 5.10. The molecule has 10 heteroatoms. The number of unbranched alkanes of at least 4 members (excludes halogenated alkanes) is 3. The van der Waals surface area contributed by atoms with Crippen LogP contribution in [0.5, 0.6) is 0 Å². The molecule has 1 saturated heterocycles. The van der Waals surface area contributed by atoms with Crippen LogP contribution in [0.3, 0.4) is 0 Å². The molecule has 0 spiro atoms. The molecule has 150 valence electrons. The molecule has 10 nitrogen and oxygen atoms in total. The number of nitrogens with one attached hydrogen (secondary N) is 2. The molecule has 27 heavy (non-hydrogen) atoms. The van der Waals surface area contributed by atoms with Crippen LogP contribution in [0, 0.1) is 0 Å². The number of aliphatic hydroxyl groups excluding tert-OH is 4. The quantitative estimate of drug-likeness (QED) is 0.304. The molecule has 2 aromatic heterocycles. The minimum atomic E-state index is -1.20. The van der Waals surface area contributed by atoms with Gasteiger partial charge in [-0.15, -0.1) is 0 Å². The van der Waals surface area contributed by atoms with Crippen LogP contribution in [0.1, 0.15) is 25.7 Å². The van der Waals surface area contributed by atoms with E-state index in [0.29, 0.717) is 12.2 Å². The highest BCUT2D eigenvalue weighted by atomic mass is 16.4. The third-order valence-electron chi connectivity index (χ3n) is 5.10. The number of likely N-dealkylation sites (tertiary alicyclic amines) is 1. The Kier molecular flexibility index (Phi) is 6.91. The summed E-state index contributed by atoms with van der Waals surface area (Å²) < 4.78 is 0. The fourth-order valence-corrected chi connectivity index (χ4v) is 3.53. The van der Waals surface area contributed by atoms with Gasteiger partial charge >= 0.3 is 0 Å². The van der Waals surface area contributed by atoms with Gasteiger partial charge in [0.1, 0.15) is 24.1 Å². The largest absolute Gasteiger partial charge is 0.395 e. The topological polar surface area (TPSA) is 151 Å². The van der Waals surface area contributed by atoms with E-state index in [0.717, 1.165) is 43.6 Å². The van der Waals surface area contributed by atoms with Crippen LogP contribution in [0.15, 0.2) is 12.7 Å². The maximum absolute atomic E-state index is 9.98. The number of piperidine rings is 1. The van der Waals surface area contributed by atoms with E-state index in [1.807, 2.05) is 4.90 Å². The lowest BCUT2D eigenvalue weighted by Crippen LogP contribution is -2.62. The molecule has 2 aromatic rings. The van der Waals surface area contributed by atoms with Gasteiger partial charge in [0.05, 0.1) is 25.1 Å². The van der Waals surface area contributed by atoms with Crippen LogP contribution in [-0.2, 0) is 0 Å². The monoisotopic (exact) mass is 380 g/mol. The van der Waals surface area contributed by atoms with Crippen LogP contribution in [0.4, 0.5) is 5.82 Å². The predicted molar refractivity (Wildman–Crippen MR) is 99.1 cm³/mol. The normalized spacial score (nSPS) is 26.5. The van der Waals surface area contributed by atoms with Crippen molar-refractivity contribution in [3.8, 4) is 0 Å². The molecule has 6 N–H and O–H groups in total. The Balaban J connectivity index is 1.34. The molecule has 0 unspecified atom stereocenters. The van der Waals surface area contributed by atoms with Gasteiger partial charge in [-0.1, -0.05) is 12.8 Å². The summed E-state index contributed by atoms with van der Waals surface area (Å²) in [6.45, 7) is 1.48. The first kappa shape index (κ1) is 19.9. The number of β-amino-alcohol motifs (C(OH)–C–C–N with tert-alkyl or cyclic N) is 1. The van der Waals surface area contributed by atoms with Crippen LogP contribution in [0.2, 0.25) is 0 Å². The average molecular weight is 380 g/mol. The lowest BCUT2D eigenvalue weighted by molar-refractivity contribution is -0.145. The van der Waals surface area contributed by atoms with Gasteiger partial charge in [-0.3, -0.25) is 4.90 Å². The van der Waals surface area contributed by atoms with Gasteiger partial charge in [-0.25, -0.2) is 15.0 Å². The highest BCUT2D eigenvalue weighted by molar-refractivity contribution is 5.81. The van der Waals surface area contributed by atoms with Crippen molar-refractivity contribution < 1.29 is 20.4 Å². The minimum absolute atomic E-state index is 0.240. The second kappa shape index (κ2) is 9.38. The van der Waals surface area contributed by atoms with E-state index in [2.05, 4.69) is 25.3 Å². The summed E-state index contributed by atoms with van der Waals surface area (Å²) in [4.78, 5) is 17.3. The van der Waals surface area contributed by atoms with E-state index in [9.17, 15) is 20.4 Å². The first-order valence-electron chi connectivity index (χ1n) is 9.39. The average Bonchev–Trinajstić information content (AvgIpc) is 3.15. The Morgan fingerprint density at radius 3 is 2.70 bits per heavy atom. The number of nitrogens with zero attached hydrogens (tertiary/aromatic N) is 4. The third kappa shape index (κ3) is 4.71. The van der Waals surface area contributed by atoms with Crippen molar-refractivity contribution in [3.05, 3.63) is 12.7 Å². The summed E-state index contributed by atoms with van der Waals surface area (Å²) in [7, 11) is 0.